The Morgan fingerprint density at radius 2 is 2.10 bits per heavy atom. The van der Waals surface area contributed by atoms with Gasteiger partial charge in [0.15, 0.2) is 6.61 Å². The number of rotatable bonds is 5. The van der Waals surface area contributed by atoms with Crippen molar-refractivity contribution >= 4 is 51.8 Å². The van der Waals surface area contributed by atoms with E-state index in [-0.39, 0.29) is 12.2 Å². The van der Waals surface area contributed by atoms with Crippen molar-refractivity contribution in [1.29, 1.82) is 0 Å². The van der Waals surface area contributed by atoms with E-state index in [0.29, 0.717) is 26.9 Å². The lowest BCUT2D eigenvalue weighted by atomic mass is 10.1. The molecule has 2 aromatic rings. The van der Waals surface area contributed by atoms with Crippen LogP contribution in [0.25, 0.3) is 6.08 Å². The highest BCUT2D eigenvalue weighted by molar-refractivity contribution is 7.17. The van der Waals surface area contributed by atoms with Gasteiger partial charge in [0.1, 0.15) is 17.4 Å². The van der Waals surface area contributed by atoms with Crippen molar-refractivity contribution in [2.75, 3.05) is 18.5 Å². The number of amides is 2. The molecule has 7 nitrogen and oxygen atoms in total. The van der Waals surface area contributed by atoms with Crippen LogP contribution in [0.3, 0.4) is 0 Å². The number of aryl methyl sites for hydroxylation is 1. The number of esters is 1. The summed E-state index contributed by atoms with van der Waals surface area (Å²) in [5, 5.41) is 3.56. The number of nitrogens with two attached hydrogens (primary N) is 1. The number of benzene rings is 1. The molecule has 3 N–H and O–H groups in total. The zero-order valence-corrected chi connectivity index (χ0v) is 16.8. The summed E-state index contributed by atoms with van der Waals surface area (Å²) in [5.41, 5.74) is 7.70. The van der Waals surface area contributed by atoms with Gasteiger partial charge in [-0.2, -0.15) is 0 Å². The molecule has 1 aliphatic carbocycles. The van der Waals surface area contributed by atoms with Gasteiger partial charge in [0.05, 0.1) is 11.1 Å². The largest absolute Gasteiger partial charge is 0.488 e. The summed E-state index contributed by atoms with van der Waals surface area (Å²) in [6.07, 6.45) is 4.23. The average Bonchev–Trinajstić information content (AvgIpc) is 3.25. The maximum absolute atomic E-state index is 12.3. The second kappa shape index (κ2) is 7.88. The molecule has 0 saturated heterocycles. The van der Waals surface area contributed by atoms with Gasteiger partial charge < -0.3 is 20.5 Å². The van der Waals surface area contributed by atoms with E-state index >= 15 is 0 Å². The highest BCUT2D eigenvalue weighted by Crippen LogP contribution is 2.38. The fourth-order valence-electron chi connectivity index (χ4n) is 3.41. The Morgan fingerprint density at radius 1 is 1.28 bits per heavy atom. The van der Waals surface area contributed by atoms with Crippen LogP contribution in [0.1, 0.15) is 32.8 Å². The fraction of sp³-hybridized carbons (Fsp3) is 0.250. The lowest BCUT2D eigenvalue weighted by molar-refractivity contribution is -0.143. The molecule has 1 aliphatic heterocycles. The first-order valence-electron chi connectivity index (χ1n) is 8.96. The minimum atomic E-state index is -0.658. The topological polar surface area (TPSA) is 108 Å². The third kappa shape index (κ3) is 3.99. The molecule has 1 aromatic heterocycles. The number of hydrogen-bond donors (Lipinski definition) is 2. The number of carbonyl (C=O) groups is 3. The van der Waals surface area contributed by atoms with Crippen LogP contribution in [0.15, 0.2) is 23.8 Å². The van der Waals surface area contributed by atoms with Crippen molar-refractivity contribution in [3.05, 3.63) is 50.4 Å². The predicted molar refractivity (Wildman–Crippen MR) is 109 cm³/mol. The van der Waals surface area contributed by atoms with E-state index in [9.17, 15) is 14.4 Å². The molecule has 0 fully saturated rings. The number of fused-ring (bicyclic) bond motifs is 2. The van der Waals surface area contributed by atoms with Crippen LogP contribution in [0.2, 0.25) is 5.02 Å². The van der Waals surface area contributed by atoms with E-state index in [1.807, 2.05) is 0 Å². The molecule has 2 aliphatic rings. The smallest absolute Gasteiger partial charge is 0.338 e. The SMILES string of the molecule is NC(=O)c1c(NC(=O)COC(=O)C2=Cc3cc(Cl)ccc3OC2)sc2c1CCC2. The van der Waals surface area contributed by atoms with Crippen molar-refractivity contribution in [3.8, 4) is 5.75 Å². The van der Waals surface area contributed by atoms with Gasteiger partial charge in [0, 0.05) is 15.5 Å². The quantitative estimate of drug-likeness (QED) is 0.706. The zero-order valence-electron chi connectivity index (χ0n) is 15.2. The van der Waals surface area contributed by atoms with Gasteiger partial charge in [-0.1, -0.05) is 11.6 Å². The molecular weight excluding hydrogens is 416 g/mol. The van der Waals surface area contributed by atoms with Crippen molar-refractivity contribution < 1.29 is 23.9 Å². The molecule has 0 bridgehead atoms. The molecular formula is C20H17ClN2O5S. The fourth-order valence-corrected chi connectivity index (χ4v) is 4.90. The summed E-state index contributed by atoms with van der Waals surface area (Å²) in [6.45, 7) is -0.447. The van der Waals surface area contributed by atoms with Gasteiger partial charge >= 0.3 is 5.97 Å². The minimum Gasteiger partial charge on any atom is -0.488 e. The number of nitrogens with one attached hydrogen (secondary N) is 1. The Labute approximate surface area is 175 Å². The molecule has 2 heterocycles. The van der Waals surface area contributed by atoms with Crippen molar-refractivity contribution in [2.24, 2.45) is 5.73 Å². The summed E-state index contributed by atoms with van der Waals surface area (Å²) in [4.78, 5) is 37.4. The maximum atomic E-state index is 12.3. The van der Waals surface area contributed by atoms with Crippen LogP contribution in [0.5, 0.6) is 5.75 Å². The monoisotopic (exact) mass is 432 g/mol. The maximum Gasteiger partial charge on any atom is 0.338 e. The molecule has 0 atom stereocenters. The Bertz CT molecular complexity index is 1060. The number of anilines is 1. The van der Waals surface area contributed by atoms with Crippen molar-refractivity contribution in [3.63, 3.8) is 0 Å². The Kier molecular flexibility index (Phi) is 5.29. The molecule has 0 spiro atoms. The molecule has 29 heavy (non-hydrogen) atoms. The van der Waals surface area contributed by atoms with E-state index < -0.39 is 24.4 Å². The second-order valence-corrected chi connectivity index (χ2v) is 8.23. The summed E-state index contributed by atoms with van der Waals surface area (Å²) in [7, 11) is 0. The van der Waals surface area contributed by atoms with Crippen LogP contribution in [0.4, 0.5) is 5.00 Å². The highest BCUT2D eigenvalue weighted by Gasteiger charge is 2.26. The van der Waals surface area contributed by atoms with E-state index in [2.05, 4.69) is 5.32 Å². The molecule has 0 unspecified atom stereocenters. The highest BCUT2D eigenvalue weighted by atomic mass is 35.5. The van der Waals surface area contributed by atoms with Crippen LogP contribution in [-0.2, 0) is 27.2 Å². The average molecular weight is 433 g/mol. The van der Waals surface area contributed by atoms with Gasteiger partial charge in [-0.15, -0.1) is 11.3 Å². The summed E-state index contributed by atoms with van der Waals surface area (Å²) in [6, 6.07) is 5.10. The molecule has 150 valence electrons. The summed E-state index contributed by atoms with van der Waals surface area (Å²) in [5.74, 6) is -1.15. The first-order chi connectivity index (χ1) is 13.9. The van der Waals surface area contributed by atoms with Gasteiger partial charge in [0.2, 0.25) is 0 Å². The zero-order chi connectivity index (χ0) is 20.5. The van der Waals surface area contributed by atoms with Gasteiger partial charge in [0.25, 0.3) is 11.8 Å². The van der Waals surface area contributed by atoms with Crippen molar-refractivity contribution in [2.45, 2.75) is 19.3 Å². The third-order valence-electron chi connectivity index (χ3n) is 4.70. The number of halogens is 1. The van der Waals surface area contributed by atoms with Crippen LogP contribution in [-0.4, -0.2) is 31.0 Å². The Hall–Kier alpha value is -2.84. The van der Waals surface area contributed by atoms with E-state index in [1.54, 1.807) is 24.3 Å². The van der Waals surface area contributed by atoms with Gasteiger partial charge in [-0.05, 0) is 49.1 Å². The van der Waals surface area contributed by atoms with E-state index in [0.717, 1.165) is 29.7 Å². The Morgan fingerprint density at radius 3 is 2.90 bits per heavy atom. The molecule has 0 saturated carbocycles. The lowest BCUT2D eigenvalue weighted by Gasteiger charge is -2.17. The number of hydrogen-bond acceptors (Lipinski definition) is 6. The number of ether oxygens (including phenoxy) is 2. The van der Waals surface area contributed by atoms with Crippen LogP contribution >= 0.6 is 22.9 Å². The molecule has 1 aromatic carbocycles. The van der Waals surface area contributed by atoms with Gasteiger partial charge in [-0.25, -0.2) is 4.79 Å². The summed E-state index contributed by atoms with van der Waals surface area (Å²) < 4.78 is 10.6. The number of primary amides is 1. The number of carbonyl (C=O) groups excluding carboxylic acids is 3. The van der Waals surface area contributed by atoms with Crippen molar-refractivity contribution in [1.82, 2.24) is 0 Å². The standard InChI is InChI=1S/C20H17ClN2O5S/c21-12-4-5-14-10(7-12)6-11(8-27-14)20(26)28-9-16(24)23-19-17(18(22)25)13-2-1-3-15(13)29-19/h4-7H,1-3,8-9H2,(H2,22,25)(H,23,24). The lowest BCUT2D eigenvalue weighted by Crippen LogP contribution is -2.24. The summed E-state index contributed by atoms with van der Waals surface area (Å²) >= 11 is 7.30. The molecule has 9 heteroatoms. The first-order valence-corrected chi connectivity index (χ1v) is 10.2. The van der Waals surface area contributed by atoms with Crippen LogP contribution < -0.4 is 15.8 Å². The molecule has 4 rings (SSSR count). The van der Waals surface area contributed by atoms with E-state index in [1.165, 1.54) is 11.3 Å². The predicted octanol–water partition coefficient (Wildman–Crippen LogP) is 2.95. The first kappa shape index (κ1) is 19.5. The van der Waals surface area contributed by atoms with E-state index in [4.69, 9.17) is 26.8 Å². The minimum absolute atomic E-state index is 0.0402. The Balaban J connectivity index is 1.39. The molecule has 2 amide bonds. The van der Waals surface area contributed by atoms with Crippen LogP contribution in [0, 0.1) is 0 Å². The normalized spacial score (nSPS) is 14.3. The molecule has 0 radical (unpaired) electrons. The number of thiophene rings is 1. The second-order valence-electron chi connectivity index (χ2n) is 6.69. The van der Waals surface area contributed by atoms with Gasteiger partial charge in [-0.3, -0.25) is 9.59 Å². The third-order valence-corrected chi connectivity index (χ3v) is 6.14.